The van der Waals surface area contributed by atoms with Crippen molar-refractivity contribution >= 4 is 21.6 Å². The van der Waals surface area contributed by atoms with Crippen LogP contribution in [0.2, 0.25) is 0 Å². The van der Waals surface area contributed by atoms with Gasteiger partial charge in [-0.1, -0.05) is 13.0 Å². The van der Waals surface area contributed by atoms with E-state index in [1.807, 2.05) is 6.92 Å². The van der Waals surface area contributed by atoms with Gasteiger partial charge in [0.1, 0.15) is 0 Å². The van der Waals surface area contributed by atoms with Crippen LogP contribution in [0.15, 0.2) is 29.2 Å². The topological polar surface area (TPSA) is 101 Å². The monoisotopic (exact) mass is 285 g/mol. The van der Waals surface area contributed by atoms with E-state index in [1.165, 1.54) is 19.2 Å². The first-order valence-electron chi connectivity index (χ1n) is 5.99. The van der Waals surface area contributed by atoms with Gasteiger partial charge in [-0.2, -0.15) is 0 Å². The zero-order valence-electron chi connectivity index (χ0n) is 11.0. The van der Waals surface area contributed by atoms with E-state index < -0.39 is 10.0 Å². The first kappa shape index (κ1) is 15.6. The molecule has 1 aromatic carbocycles. The molecule has 1 rings (SSSR count). The maximum Gasteiger partial charge on any atom is 0.240 e. The van der Waals surface area contributed by atoms with Crippen molar-refractivity contribution in [1.29, 1.82) is 0 Å². The number of anilines is 1. The first-order chi connectivity index (χ1) is 8.94. The second-order valence-corrected chi connectivity index (χ2v) is 5.95. The quantitative estimate of drug-likeness (QED) is 0.709. The molecule has 19 heavy (non-hydrogen) atoms. The number of hydrogen-bond acceptors (Lipinski definition) is 4. The number of rotatable bonds is 6. The third-order valence-electron chi connectivity index (χ3n) is 2.83. The highest BCUT2D eigenvalue weighted by atomic mass is 32.2. The Kier molecular flexibility index (Phi) is 5.46. The average molecular weight is 285 g/mol. The van der Waals surface area contributed by atoms with E-state index in [2.05, 4.69) is 10.0 Å². The van der Waals surface area contributed by atoms with Gasteiger partial charge in [0.05, 0.1) is 10.8 Å². The van der Waals surface area contributed by atoms with Crippen LogP contribution in [0.5, 0.6) is 0 Å². The Labute approximate surface area is 113 Å². The van der Waals surface area contributed by atoms with Gasteiger partial charge in [0.15, 0.2) is 0 Å². The molecule has 4 N–H and O–H groups in total. The minimum atomic E-state index is -3.51. The number of hydrogen-bond donors (Lipinski definition) is 3. The molecule has 0 saturated carbocycles. The molecule has 1 unspecified atom stereocenters. The van der Waals surface area contributed by atoms with Crippen LogP contribution in [-0.4, -0.2) is 27.9 Å². The lowest BCUT2D eigenvalue weighted by Gasteiger charge is -2.13. The van der Waals surface area contributed by atoms with E-state index in [0.717, 1.165) is 0 Å². The Balaban J connectivity index is 2.92. The number of carbonyl (C=O) groups is 1. The fourth-order valence-electron chi connectivity index (χ4n) is 1.56. The van der Waals surface area contributed by atoms with Crippen molar-refractivity contribution < 1.29 is 13.2 Å². The number of carbonyl (C=O) groups excluding carboxylic acids is 1. The van der Waals surface area contributed by atoms with Gasteiger partial charge in [-0.15, -0.1) is 0 Å². The Morgan fingerprint density at radius 1 is 1.42 bits per heavy atom. The Morgan fingerprint density at radius 2 is 2.11 bits per heavy atom. The Bertz CT molecular complexity index is 539. The van der Waals surface area contributed by atoms with Crippen LogP contribution < -0.4 is 15.8 Å². The highest BCUT2D eigenvalue weighted by Crippen LogP contribution is 2.16. The van der Waals surface area contributed by atoms with Gasteiger partial charge in [-0.25, -0.2) is 13.1 Å². The van der Waals surface area contributed by atoms with Crippen LogP contribution in [0.25, 0.3) is 0 Å². The number of nitrogens with two attached hydrogens (primary N) is 1. The molecule has 0 heterocycles. The molecule has 0 aliphatic rings. The van der Waals surface area contributed by atoms with Gasteiger partial charge in [0, 0.05) is 12.2 Å². The van der Waals surface area contributed by atoms with Crippen molar-refractivity contribution in [3.8, 4) is 0 Å². The minimum absolute atomic E-state index is 0.105. The van der Waals surface area contributed by atoms with E-state index in [0.29, 0.717) is 12.1 Å². The highest BCUT2D eigenvalue weighted by Gasteiger charge is 2.16. The number of sulfonamides is 1. The van der Waals surface area contributed by atoms with Gasteiger partial charge < -0.3 is 11.1 Å². The van der Waals surface area contributed by atoms with Gasteiger partial charge in [0.2, 0.25) is 15.9 Å². The summed E-state index contributed by atoms with van der Waals surface area (Å²) in [6.45, 7) is 2.13. The number of benzene rings is 1. The SMILES string of the molecule is CCC(CN)C(=O)Nc1cccc(S(=O)(=O)NC)c1. The molecule has 106 valence electrons. The predicted molar refractivity (Wildman–Crippen MR) is 74.2 cm³/mol. The Hall–Kier alpha value is -1.44. The van der Waals surface area contributed by atoms with Crippen molar-refractivity contribution in [3.05, 3.63) is 24.3 Å². The van der Waals surface area contributed by atoms with Gasteiger partial charge >= 0.3 is 0 Å². The van der Waals surface area contributed by atoms with Crippen molar-refractivity contribution in [2.75, 3.05) is 18.9 Å². The van der Waals surface area contributed by atoms with E-state index in [9.17, 15) is 13.2 Å². The molecule has 7 heteroatoms. The van der Waals surface area contributed by atoms with Crippen molar-refractivity contribution in [3.63, 3.8) is 0 Å². The summed E-state index contributed by atoms with van der Waals surface area (Å²) in [6.07, 6.45) is 0.636. The molecule has 0 bridgehead atoms. The largest absolute Gasteiger partial charge is 0.330 e. The highest BCUT2D eigenvalue weighted by molar-refractivity contribution is 7.89. The first-order valence-corrected chi connectivity index (χ1v) is 7.47. The number of amides is 1. The second kappa shape index (κ2) is 6.65. The molecule has 6 nitrogen and oxygen atoms in total. The zero-order chi connectivity index (χ0) is 14.5. The van der Waals surface area contributed by atoms with Crippen molar-refractivity contribution in [2.24, 2.45) is 11.7 Å². The van der Waals surface area contributed by atoms with E-state index in [4.69, 9.17) is 5.73 Å². The van der Waals surface area contributed by atoms with Gasteiger partial charge in [-0.05, 0) is 31.7 Å². The van der Waals surface area contributed by atoms with E-state index in [-0.39, 0.29) is 23.3 Å². The smallest absolute Gasteiger partial charge is 0.240 e. The standard InChI is InChI=1S/C12H19N3O3S/c1-3-9(8-13)12(16)15-10-5-4-6-11(7-10)19(17,18)14-2/h4-7,9,14H,3,8,13H2,1-2H3,(H,15,16). The molecule has 0 radical (unpaired) electrons. The maximum atomic E-state index is 11.8. The second-order valence-electron chi connectivity index (χ2n) is 4.07. The third-order valence-corrected chi connectivity index (χ3v) is 4.24. The minimum Gasteiger partial charge on any atom is -0.330 e. The molecule has 1 aromatic rings. The molecule has 0 aliphatic carbocycles. The summed E-state index contributed by atoms with van der Waals surface area (Å²) in [6, 6.07) is 6.08. The lowest BCUT2D eigenvalue weighted by molar-refractivity contribution is -0.119. The predicted octanol–water partition coefficient (Wildman–Crippen LogP) is 0.518. The van der Waals surface area contributed by atoms with Crippen LogP contribution in [0.4, 0.5) is 5.69 Å². The maximum absolute atomic E-state index is 11.8. The normalized spacial score (nSPS) is 13.0. The molecule has 0 fully saturated rings. The molecule has 1 atom stereocenters. The summed E-state index contributed by atoms with van der Waals surface area (Å²) in [5, 5.41) is 2.67. The fraction of sp³-hybridized carbons (Fsp3) is 0.417. The van der Waals surface area contributed by atoms with Crippen LogP contribution in [0.1, 0.15) is 13.3 Å². The third kappa shape index (κ3) is 4.02. The summed E-state index contributed by atoms with van der Waals surface area (Å²) in [7, 11) is -2.18. The summed E-state index contributed by atoms with van der Waals surface area (Å²) in [4.78, 5) is 12.0. The average Bonchev–Trinajstić information content (AvgIpc) is 2.40. The van der Waals surface area contributed by atoms with Gasteiger partial charge in [0.25, 0.3) is 0 Å². The van der Waals surface area contributed by atoms with Crippen molar-refractivity contribution in [2.45, 2.75) is 18.2 Å². The van der Waals surface area contributed by atoms with Crippen LogP contribution >= 0.6 is 0 Å². The van der Waals surface area contributed by atoms with E-state index >= 15 is 0 Å². The van der Waals surface area contributed by atoms with Crippen LogP contribution in [-0.2, 0) is 14.8 Å². The van der Waals surface area contributed by atoms with Gasteiger partial charge in [-0.3, -0.25) is 4.79 Å². The molecular weight excluding hydrogens is 266 g/mol. The lowest BCUT2D eigenvalue weighted by atomic mass is 10.1. The molecule has 1 amide bonds. The molecular formula is C12H19N3O3S. The molecule has 0 aliphatic heterocycles. The number of nitrogens with one attached hydrogen (secondary N) is 2. The van der Waals surface area contributed by atoms with E-state index in [1.54, 1.807) is 12.1 Å². The summed E-state index contributed by atoms with van der Waals surface area (Å²) >= 11 is 0. The summed E-state index contributed by atoms with van der Waals surface area (Å²) in [5.74, 6) is -0.478. The van der Waals surface area contributed by atoms with Crippen molar-refractivity contribution in [1.82, 2.24) is 4.72 Å². The summed E-state index contributed by atoms with van der Waals surface area (Å²) in [5.41, 5.74) is 5.93. The fourth-order valence-corrected chi connectivity index (χ4v) is 2.34. The zero-order valence-corrected chi connectivity index (χ0v) is 11.8. The van der Waals surface area contributed by atoms with Crippen LogP contribution in [0, 0.1) is 5.92 Å². The Morgan fingerprint density at radius 3 is 2.63 bits per heavy atom. The molecule has 0 spiro atoms. The summed E-state index contributed by atoms with van der Waals surface area (Å²) < 4.78 is 25.5. The molecule has 0 aromatic heterocycles. The molecule has 0 saturated heterocycles. The van der Waals surface area contributed by atoms with Crippen LogP contribution in [0.3, 0.4) is 0 Å². The lowest BCUT2D eigenvalue weighted by Crippen LogP contribution is -2.28.